The summed E-state index contributed by atoms with van der Waals surface area (Å²) in [4.78, 5) is 12.1. The highest BCUT2D eigenvalue weighted by Crippen LogP contribution is 2.25. The standard InChI is InChI=1S/C20H20ClN3O2S/c1-20(2,3)14-6-10-16(11-7-14)22-17(25)12-27-19-24-23-18(26-19)13-4-8-15(21)9-5-13/h4-11H,12H2,1-3H3,(H,22,25). The number of rotatable bonds is 5. The molecule has 0 spiro atoms. The molecule has 0 saturated carbocycles. The largest absolute Gasteiger partial charge is 0.411 e. The zero-order valence-corrected chi connectivity index (χ0v) is 16.9. The van der Waals surface area contributed by atoms with Gasteiger partial charge in [0.05, 0.1) is 5.75 Å². The maximum Gasteiger partial charge on any atom is 0.277 e. The molecule has 1 aromatic heterocycles. The van der Waals surface area contributed by atoms with E-state index in [0.29, 0.717) is 16.1 Å². The molecule has 3 aromatic rings. The van der Waals surface area contributed by atoms with Crippen molar-refractivity contribution in [3.63, 3.8) is 0 Å². The number of carbonyl (C=O) groups excluding carboxylic acids is 1. The number of carbonyl (C=O) groups is 1. The van der Waals surface area contributed by atoms with Crippen molar-refractivity contribution in [2.75, 3.05) is 11.1 Å². The zero-order valence-electron chi connectivity index (χ0n) is 15.3. The van der Waals surface area contributed by atoms with Crippen LogP contribution in [0.1, 0.15) is 26.3 Å². The molecular weight excluding hydrogens is 382 g/mol. The maximum atomic E-state index is 12.1. The minimum atomic E-state index is -0.130. The first kappa shape index (κ1) is 19.5. The van der Waals surface area contributed by atoms with Crippen LogP contribution in [0.15, 0.2) is 58.2 Å². The van der Waals surface area contributed by atoms with E-state index in [4.69, 9.17) is 16.0 Å². The number of nitrogens with zero attached hydrogens (tertiary/aromatic N) is 2. The first-order valence-corrected chi connectivity index (χ1v) is 9.80. The average Bonchev–Trinajstić information content (AvgIpc) is 3.09. The summed E-state index contributed by atoms with van der Waals surface area (Å²) >= 11 is 7.07. The number of anilines is 1. The molecule has 140 valence electrons. The highest BCUT2D eigenvalue weighted by molar-refractivity contribution is 7.99. The van der Waals surface area contributed by atoms with Gasteiger partial charge in [-0.25, -0.2) is 0 Å². The maximum absolute atomic E-state index is 12.1. The van der Waals surface area contributed by atoms with Gasteiger partial charge in [-0.05, 0) is 47.4 Å². The monoisotopic (exact) mass is 401 g/mol. The minimum Gasteiger partial charge on any atom is -0.411 e. The van der Waals surface area contributed by atoms with Crippen LogP contribution in [0.25, 0.3) is 11.5 Å². The topological polar surface area (TPSA) is 68.0 Å². The molecule has 0 radical (unpaired) electrons. The fraction of sp³-hybridized carbons (Fsp3) is 0.250. The summed E-state index contributed by atoms with van der Waals surface area (Å²) in [6.07, 6.45) is 0. The summed E-state index contributed by atoms with van der Waals surface area (Å²) in [5, 5.41) is 11.8. The Morgan fingerprint density at radius 3 is 2.37 bits per heavy atom. The summed E-state index contributed by atoms with van der Waals surface area (Å²) in [5.41, 5.74) is 2.84. The summed E-state index contributed by atoms with van der Waals surface area (Å²) < 4.78 is 5.58. The second-order valence-electron chi connectivity index (χ2n) is 7.04. The first-order chi connectivity index (χ1) is 12.8. The third-order valence-electron chi connectivity index (χ3n) is 3.86. The average molecular weight is 402 g/mol. The number of aromatic nitrogens is 2. The molecule has 0 aliphatic heterocycles. The molecule has 0 aliphatic rings. The van der Waals surface area contributed by atoms with Gasteiger partial charge in [-0.15, -0.1) is 10.2 Å². The fourth-order valence-corrected chi connectivity index (χ4v) is 3.04. The van der Waals surface area contributed by atoms with Gasteiger partial charge in [0, 0.05) is 16.3 Å². The van der Waals surface area contributed by atoms with Crippen molar-refractivity contribution in [3.05, 3.63) is 59.1 Å². The highest BCUT2D eigenvalue weighted by Gasteiger charge is 2.14. The lowest BCUT2D eigenvalue weighted by Crippen LogP contribution is -2.15. The van der Waals surface area contributed by atoms with Gasteiger partial charge in [-0.3, -0.25) is 4.79 Å². The molecular formula is C20H20ClN3O2S. The molecule has 0 aliphatic carbocycles. The predicted molar refractivity (Wildman–Crippen MR) is 109 cm³/mol. The lowest BCUT2D eigenvalue weighted by atomic mass is 9.87. The second kappa shape index (κ2) is 8.15. The van der Waals surface area contributed by atoms with Crippen molar-refractivity contribution >= 4 is 35.0 Å². The van der Waals surface area contributed by atoms with Gasteiger partial charge in [0.2, 0.25) is 11.8 Å². The van der Waals surface area contributed by atoms with Crippen LogP contribution in [0.3, 0.4) is 0 Å². The summed E-state index contributed by atoms with van der Waals surface area (Å²) in [6, 6.07) is 15.0. The molecule has 0 atom stereocenters. The van der Waals surface area contributed by atoms with Crippen LogP contribution in [-0.4, -0.2) is 21.9 Å². The highest BCUT2D eigenvalue weighted by atomic mass is 35.5. The van der Waals surface area contributed by atoms with E-state index in [9.17, 15) is 4.79 Å². The Hall–Kier alpha value is -2.31. The fourth-order valence-electron chi connectivity index (χ4n) is 2.36. The Kier molecular flexibility index (Phi) is 5.87. The van der Waals surface area contributed by atoms with Crippen LogP contribution >= 0.6 is 23.4 Å². The van der Waals surface area contributed by atoms with Crippen molar-refractivity contribution in [2.45, 2.75) is 31.4 Å². The van der Waals surface area contributed by atoms with Crippen LogP contribution in [-0.2, 0) is 10.2 Å². The molecule has 1 amide bonds. The van der Waals surface area contributed by atoms with Crippen molar-refractivity contribution < 1.29 is 9.21 Å². The zero-order chi connectivity index (χ0) is 19.4. The van der Waals surface area contributed by atoms with E-state index >= 15 is 0 Å². The SMILES string of the molecule is CC(C)(C)c1ccc(NC(=O)CSc2nnc(-c3ccc(Cl)cc3)o2)cc1. The van der Waals surface area contributed by atoms with E-state index in [1.54, 1.807) is 24.3 Å². The molecule has 0 saturated heterocycles. The van der Waals surface area contributed by atoms with Crippen molar-refractivity contribution in [3.8, 4) is 11.5 Å². The number of amides is 1. The molecule has 5 nitrogen and oxygen atoms in total. The van der Waals surface area contributed by atoms with Gasteiger partial charge < -0.3 is 9.73 Å². The molecule has 1 heterocycles. The van der Waals surface area contributed by atoms with E-state index in [2.05, 4.69) is 36.3 Å². The third-order valence-corrected chi connectivity index (χ3v) is 4.93. The predicted octanol–water partition coefficient (Wildman–Crippen LogP) is 5.42. The van der Waals surface area contributed by atoms with Gasteiger partial charge in [-0.2, -0.15) is 0 Å². The lowest BCUT2D eigenvalue weighted by molar-refractivity contribution is -0.113. The molecule has 27 heavy (non-hydrogen) atoms. The summed E-state index contributed by atoms with van der Waals surface area (Å²) in [6.45, 7) is 6.46. The van der Waals surface area contributed by atoms with E-state index in [1.165, 1.54) is 17.3 Å². The van der Waals surface area contributed by atoms with Crippen molar-refractivity contribution in [2.24, 2.45) is 0 Å². The molecule has 0 bridgehead atoms. The molecule has 3 rings (SSSR count). The number of hydrogen-bond acceptors (Lipinski definition) is 5. The number of nitrogens with one attached hydrogen (secondary N) is 1. The van der Waals surface area contributed by atoms with Gasteiger partial charge >= 0.3 is 0 Å². The Labute approximate surface area is 167 Å². The summed E-state index contributed by atoms with van der Waals surface area (Å²) in [7, 11) is 0. The smallest absolute Gasteiger partial charge is 0.277 e. The van der Waals surface area contributed by atoms with Crippen LogP contribution in [0.4, 0.5) is 5.69 Å². The Balaban J connectivity index is 1.54. The summed E-state index contributed by atoms with van der Waals surface area (Å²) in [5.74, 6) is 0.450. The van der Waals surface area contributed by atoms with Crippen molar-refractivity contribution in [1.82, 2.24) is 10.2 Å². The first-order valence-electron chi connectivity index (χ1n) is 8.44. The normalized spacial score (nSPS) is 11.4. The quantitative estimate of drug-likeness (QED) is 0.578. The van der Waals surface area contributed by atoms with Crippen molar-refractivity contribution in [1.29, 1.82) is 0 Å². The molecule has 0 fully saturated rings. The number of thioether (sulfide) groups is 1. The number of hydrogen-bond donors (Lipinski definition) is 1. The molecule has 7 heteroatoms. The Morgan fingerprint density at radius 1 is 1.07 bits per heavy atom. The van der Waals surface area contributed by atoms with Gasteiger partial charge in [0.15, 0.2) is 0 Å². The van der Waals surface area contributed by atoms with Gasteiger partial charge in [0.25, 0.3) is 5.22 Å². The van der Waals surface area contributed by atoms with Crippen LogP contribution in [0.5, 0.6) is 0 Å². The third kappa shape index (κ3) is 5.34. The molecule has 2 aromatic carbocycles. The minimum absolute atomic E-state index is 0.0815. The van der Waals surface area contributed by atoms with E-state index in [1.807, 2.05) is 24.3 Å². The number of halogens is 1. The lowest BCUT2D eigenvalue weighted by Gasteiger charge is -2.19. The van der Waals surface area contributed by atoms with Crippen LogP contribution in [0, 0.1) is 0 Å². The van der Waals surface area contributed by atoms with Crippen LogP contribution in [0.2, 0.25) is 5.02 Å². The van der Waals surface area contributed by atoms with Crippen LogP contribution < -0.4 is 5.32 Å². The molecule has 1 N–H and O–H groups in total. The van der Waals surface area contributed by atoms with Gasteiger partial charge in [0.1, 0.15) is 0 Å². The second-order valence-corrected chi connectivity index (χ2v) is 8.41. The van der Waals surface area contributed by atoms with Gasteiger partial charge in [-0.1, -0.05) is 56.3 Å². The number of benzene rings is 2. The van der Waals surface area contributed by atoms with E-state index in [0.717, 1.165) is 11.3 Å². The Bertz CT molecular complexity index is 916. The Morgan fingerprint density at radius 2 is 1.74 bits per heavy atom. The van der Waals surface area contributed by atoms with E-state index < -0.39 is 0 Å². The van der Waals surface area contributed by atoms with E-state index in [-0.39, 0.29) is 17.1 Å². The molecule has 0 unspecified atom stereocenters.